The molecule has 7 heteroatoms. The van der Waals surface area contributed by atoms with Crippen molar-refractivity contribution in [3.63, 3.8) is 0 Å². The third-order valence-electron chi connectivity index (χ3n) is 4.63. The van der Waals surface area contributed by atoms with Crippen LogP contribution in [0.15, 0.2) is 83.4 Å². The van der Waals surface area contributed by atoms with Gasteiger partial charge in [-0.15, -0.1) is 6.58 Å². The highest BCUT2D eigenvalue weighted by Crippen LogP contribution is 2.30. The fourth-order valence-electron chi connectivity index (χ4n) is 2.99. The Labute approximate surface area is 211 Å². The molecule has 1 N–H and O–H groups in total. The molecule has 0 saturated carbocycles. The Morgan fingerprint density at radius 3 is 2.61 bits per heavy atom. The third kappa shape index (κ3) is 6.72. The molecule has 0 heterocycles. The van der Waals surface area contributed by atoms with Gasteiger partial charge in [0.05, 0.1) is 15.7 Å². The lowest BCUT2D eigenvalue weighted by Crippen LogP contribution is -2.13. The topological polar surface area (TPSA) is 62.1 Å². The van der Waals surface area contributed by atoms with Crippen LogP contribution < -0.4 is 10.1 Å². The van der Waals surface area contributed by atoms with Crippen LogP contribution in [-0.4, -0.2) is 5.91 Å². The molecule has 3 aromatic carbocycles. The van der Waals surface area contributed by atoms with Crippen molar-refractivity contribution in [2.24, 2.45) is 0 Å². The largest absolute Gasteiger partial charge is 0.489 e. The molecule has 4 nitrogen and oxygen atoms in total. The number of carbonyl (C=O) groups is 1. The maximum absolute atomic E-state index is 12.6. The van der Waals surface area contributed by atoms with E-state index in [4.69, 9.17) is 27.9 Å². The van der Waals surface area contributed by atoms with Crippen LogP contribution in [-0.2, 0) is 17.8 Å². The number of amides is 1. The Hall–Kier alpha value is -3.04. The zero-order chi connectivity index (χ0) is 23.8. The number of rotatable bonds is 8. The number of hydrogen-bond donors (Lipinski definition) is 1. The van der Waals surface area contributed by atoms with Crippen molar-refractivity contribution in [1.29, 1.82) is 5.26 Å². The molecule has 33 heavy (non-hydrogen) atoms. The molecule has 0 atom stereocenters. The molecule has 0 spiro atoms. The molecule has 0 radical (unpaired) electrons. The van der Waals surface area contributed by atoms with Gasteiger partial charge in [-0.05, 0) is 65.6 Å². The molecule has 3 aromatic rings. The van der Waals surface area contributed by atoms with Crippen LogP contribution in [0.4, 0.5) is 5.69 Å². The molecule has 0 aliphatic rings. The number of nitriles is 1. The normalized spacial score (nSPS) is 10.9. The van der Waals surface area contributed by atoms with Gasteiger partial charge < -0.3 is 10.1 Å². The number of allylic oxidation sites excluding steroid dienone is 1. The number of halogens is 3. The van der Waals surface area contributed by atoms with Crippen molar-refractivity contribution in [2.45, 2.75) is 13.0 Å². The smallest absolute Gasteiger partial charge is 0.266 e. The fourth-order valence-corrected chi connectivity index (χ4v) is 3.60. The van der Waals surface area contributed by atoms with Crippen LogP contribution in [0, 0.1) is 11.3 Å². The van der Waals surface area contributed by atoms with E-state index in [1.165, 1.54) is 6.08 Å². The van der Waals surface area contributed by atoms with Crippen LogP contribution in [0.5, 0.6) is 5.75 Å². The Morgan fingerprint density at radius 2 is 1.91 bits per heavy atom. The van der Waals surface area contributed by atoms with Gasteiger partial charge >= 0.3 is 0 Å². The number of hydrogen-bond acceptors (Lipinski definition) is 3. The van der Waals surface area contributed by atoms with E-state index in [0.29, 0.717) is 35.1 Å². The lowest BCUT2D eigenvalue weighted by atomic mass is 10.0. The Morgan fingerprint density at radius 1 is 1.15 bits per heavy atom. The lowest BCUT2D eigenvalue weighted by Gasteiger charge is -2.12. The second kappa shape index (κ2) is 11.7. The molecular formula is C26H19BrCl2N2O2. The molecule has 0 bridgehead atoms. The highest BCUT2D eigenvalue weighted by Gasteiger charge is 2.13. The van der Waals surface area contributed by atoms with Crippen LogP contribution in [0.3, 0.4) is 0 Å². The first kappa shape index (κ1) is 24.6. The molecule has 0 aromatic heterocycles. The summed E-state index contributed by atoms with van der Waals surface area (Å²) in [5, 5.41) is 12.7. The predicted octanol–water partition coefficient (Wildman–Crippen LogP) is 7.61. The standard InChI is InChI=1S/C26H19BrCl2N2O2/c1-2-4-19-13-18(9-12-24(19)33-16-17-7-10-21(27)11-8-17)14-20(15-30)26(32)31-23-6-3-5-22(28)25(23)29/h2-3,5-14H,1,4,16H2,(H,31,32)/b20-14-. The van der Waals surface area contributed by atoms with Gasteiger partial charge in [0.15, 0.2) is 0 Å². The summed E-state index contributed by atoms with van der Waals surface area (Å²) in [7, 11) is 0. The van der Waals surface area contributed by atoms with E-state index in [2.05, 4.69) is 27.8 Å². The van der Waals surface area contributed by atoms with Crippen molar-refractivity contribution in [3.8, 4) is 11.8 Å². The number of anilines is 1. The average molecular weight is 542 g/mol. The van der Waals surface area contributed by atoms with Gasteiger partial charge in [-0.2, -0.15) is 5.26 Å². The van der Waals surface area contributed by atoms with E-state index in [1.807, 2.05) is 42.5 Å². The molecule has 0 saturated heterocycles. The van der Waals surface area contributed by atoms with Crippen molar-refractivity contribution in [1.82, 2.24) is 0 Å². The zero-order valence-corrected chi connectivity index (χ0v) is 20.5. The van der Waals surface area contributed by atoms with Gasteiger partial charge in [0, 0.05) is 4.47 Å². The molecule has 166 valence electrons. The van der Waals surface area contributed by atoms with Gasteiger partial charge in [-0.25, -0.2) is 0 Å². The summed E-state index contributed by atoms with van der Waals surface area (Å²) in [4.78, 5) is 12.6. The maximum Gasteiger partial charge on any atom is 0.266 e. The van der Waals surface area contributed by atoms with Crippen LogP contribution in [0.2, 0.25) is 10.0 Å². The number of carbonyl (C=O) groups excluding carboxylic acids is 1. The van der Waals surface area contributed by atoms with Crippen molar-refractivity contribution >= 4 is 56.8 Å². The summed E-state index contributed by atoms with van der Waals surface area (Å²) in [5.41, 5.74) is 2.88. The first-order valence-corrected chi connectivity index (χ1v) is 11.4. The molecule has 0 aliphatic heterocycles. The average Bonchev–Trinajstić information content (AvgIpc) is 2.81. The summed E-state index contributed by atoms with van der Waals surface area (Å²) in [5.74, 6) is 0.131. The second-order valence-electron chi connectivity index (χ2n) is 7.00. The van der Waals surface area contributed by atoms with Crippen molar-refractivity contribution < 1.29 is 9.53 Å². The molecular weight excluding hydrogens is 523 g/mol. The summed E-state index contributed by atoms with van der Waals surface area (Å²) in [6, 6.07) is 20.2. The van der Waals surface area contributed by atoms with Crippen LogP contribution >= 0.6 is 39.1 Å². The second-order valence-corrected chi connectivity index (χ2v) is 8.70. The quantitative estimate of drug-likeness (QED) is 0.181. The van der Waals surface area contributed by atoms with Gasteiger partial charge in [0.1, 0.15) is 24.0 Å². The number of nitrogens with zero attached hydrogens (tertiary/aromatic N) is 1. The van der Waals surface area contributed by atoms with Gasteiger partial charge in [-0.1, -0.05) is 69.5 Å². The Balaban J connectivity index is 1.80. The van der Waals surface area contributed by atoms with E-state index in [-0.39, 0.29) is 10.6 Å². The summed E-state index contributed by atoms with van der Waals surface area (Å²) >= 11 is 15.5. The van der Waals surface area contributed by atoms with E-state index in [1.54, 1.807) is 30.3 Å². The minimum absolute atomic E-state index is 0.0703. The van der Waals surface area contributed by atoms with E-state index >= 15 is 0 Å². The van der Waals surface area contributed by atoms with Crippen molar-refractivity contribution in [3.05, 3.63) is 110 Å². The van der Waals surface area contributed by atoms with E-state index in [9.17, 15) is 10.1 Å². The highest BCUT2D eigenvalue weighted by molar-refractivity contribution is 9.10. The fraction of sp³-hybridized carbons (Fsp3) is 0.0769. The van der Waals surface area contributed by atoms with Gasteiger partial charge in [0.25, 0.3) is 5.91 Å². The third-order valence-corrected chi connectivity index (χ3v) is 5.98. The molecule has 3 rings (SSSR count). The van der Waals surface area contributed by atoms with E-state index < -0.39 is 5.91 Å². The summed E-state index contributed by atoms with van der Waals surface area (Å²) in [6.07, 6.45) is 3.86. The monoisotopic (exact) mass is 540 g/mol. The number of benzene rings is 3. The van der Waals surface area contributed by atoms with E-state index in [0.717, 1.165) is 15.6 Å². The van der Waals surface area contributed by atoms with Gasteiger partial charge in [-0.3, -0.25) is 4.79 Å². The first-order valence-electron chi connectivity index (χ1n) is 9.89. The minimum atomic E-state index is -0.581. The Kier molecular flexibility index (Phi) is 8.73. The number of nitrogens with one attached hydrogen (secondary N) is 1. The van der Waals surface area contributed by atoms with Gasteiger partial charge in [0.2, 0.25) is 0 Å². The maximum atomic E-state index is 12.6. The highest BCUT2D eigenvalue weighted by atomic mass is 79.9. The van der Waals surface area contributed by atoms with Crippen LogP contribution in [0.25, 0.3) is 6.08 Å². The van der Waals surface area contributed by atoms with Crippen LogP contribution in [0.1, 0.15) is 16.7 Å². The molecule has 0 unspecified atom stereocenters. The SMILES string of the molecule is C=CCc1cc(/C=C(/C#N)C(=O)Nc2cccc(Cl)c2Cl)ccc1OCc1ccc(Br)cc1. The molecule has 0 fully saturated rings. The zero-order valence-electron chi connectivity index (χ0n) is 17.4. The Bertz CT molecular complexity index is 1250. The molecule has 1 amide bonds. The first-order chi connectivity index (χ1) is 15.9. The predicted molar refractivity (Wildman–Crippen MR) is 137 cm³/mol. The van der Waals surface area contributed by atoms with Crippen molar-refractivity contribution in [2.75, 3.05) is 5.32 Å². The molecule has 0 aliphatic carbocycles. The number of ether oxygens (including phenoxy) is 1. The lowest BCUT2D eigenvalue weighted by molar-refractivity contribution is -0.112. The minimum Gasteiger partial charge on any atom is -0.489 e. The summed E-state index contributed by atoms with van der Waals surface area (Å²) < 4.78 is 7.00. The summed E-state index contributed by atoms with van der Waals surface area (Å²) in [6.45, 7) is 4.22.